The SMILES string of the molecule is CCCCCCCCCCCCCCCCCC(=O)OC(=O)CC[C@H](N)C(=O)O.[MgH2]. The van der Waals surface area contributed by atoms with Crippen LogP contribution in [0.2, 0.25) is 0 Å². The molecule has 1 atom stereocenters. The lowest BCUT2D eigenvalue weighted by Gasteiger charge is -2.06. The fraction of sp³-hybridized carbons (Fsp3) is 0.870. The molecule has 0 bridgehead atoms. The van der Waals surface area contributed by atoms with Crippen molar-refractivity contribution >= 4 is 41.0 Å². The number of carboxylic acid groups (broad SMARTS) is 1. The number of ether oxygens (including phenoxy) is 1. The molecule has 0 saturated heterocycles. The van der Waals surface area contributed by atoms with Gasteiger partial charge < -0.3 is 15.6 Å². The highest BCUT2D eigenvalue weighted by Crippen LogP contribution is 2.14. The van der Waals surface area contributed by atoms with Crippen molar-refractivity contribution in [2.24, 2.45) is 5.73 Å². The summed E-state index contributed by atoms with van der Waals surface area (Å²) in [7, 11) is 0. The summed E-state index contributed by atoms with van der Waals surface area (Å²) in [5, 5.41) is 8.63. The van der Waals surface area contributed by atoms with E-state index in [1.807, 2.05) is 0 Å². The van der Waals surface area contributed by atoms with Gasteiger partial charge in [0, 0.05) is 12.8 Å². The second-order valence-electron chi connectivity index (χ2n) is 8.03. The summed E-state index contributed by atoms with van der Waals surface area (Å²) in [6, 6.07) is -1.10. The lowest BCUT2D eigenvalue weighted by molar-refractivity contribution is -0.159. The third kappa shape index (κ3) is 22.0. The quantitative estimate of drug-likeness (QED) is 0.124. The molecule has 0 aliphatic rings. The fourth-order valence-corrected chi connectivity index (χ4v) is 3.27. The standard InChI is InChI=1S/C23H43NO5.Mg.2H/c1-2-3-4-5-6-7-8-9-10-11-12-13-14-15-16-17-21(25)29-22(26)19-18-20(24)23(27)28;;;/h20H,2-19,24H2,1H3,(H,27,28);;;/t20-;;;/m0.../s1. The van der Waals surface area contributed by atoms with Crippen molar-refractivity contribution in [2.45, 2.75) is 129 Å². The van der Waals surface area contributed by atoms with Crippen LogP contribution in [0.3, 0.4) is 0 Å². The molecule has 0 aromatic carbocycles. The highest BCUT2D eigenvalue weighted by Gasteiger charge is 2.16. The summed E-state index contributed by atoms with van der Waals surface area (Å²) >= 11 is 0. The van der Waals surface area contributed by atoms with E-state index in [0.29, 0.717) is 0 Å². The highest BCUT2D eigenvalue weighted by atomic mass is 24.3. The van der Waals surface area contributed by atoms with E-state index in [1.54, 1.807) is 0 Å². The van der Waals surface area contributed by atoms with Crippen molar-refractivity contribution in [3.63, 3.8) is 0 Å². The van der Waals surface area contributed by atoms with E-state index < -0.39 is 23.9 Å². The fourth-order valence-electron chi connectivity index (χ4n) is 3.27. The molecule has 0 rings (SSSR count). The predicted octanol–water partition coefficient (Wildman–Crippen LogP) is 4.59. The van der Waals surface area contributed by atoms with Crippen molar-refractivity contribution in [1.82, 2.24) is 0 Å². The van der Waals surface area contributed by atoms with E-state index in [0.717, 1.165) is 19.3 Å². The minimum absolute atomic E-state index is 0. The van der Waals surface area contributed by atoms with Crippen molar-refractivity contribution < 1.29 is 24.2 Å². The van der Waals surface area contributed by atoms with E-state index in [2.05, 4.69) is 11.7 Å². The van der Waals surface area contributed by atoms with Gasteiger partial charge in [0.15, 0.2) is 0 Å². The Balaban J connectivity index is 0. The molecule has 0 spiro atoms. The van der Waals surface area contributed by atoms with Crippen LogP contribution in [0, 0.1) is 0 Å². The molecule has 3 N–H and O–H groups in total. The summed E-state index contributed by atoms with van der Waals surface area (Å²) in [6.45, 7) is 2.25. The molecule has 0 fully saturated rings. The van der Waals surface area contributed by atoms with E-state index in [1.165, 1.54) is 77.0 Å². The third-order valence-electron chi connectivity index (χ3n) is 5.19. The summed E-state index contributed by atoms with van der Waals surface area (Å²) in [5.74, 6) is -2.40. The van der Waals surface area contributed by atoms with Gasteiger partial charge in [0.05, 0.1) is 0 Å². The Bertz CT molecular complexity index is 445. The largest absolute Gasteiger partial charge is 0.480 e. The van der Waals surface area contributed by atoms with E-state index in [9.17, 15) is 14.4 Å². The number of unbranched alkanes of at least 4 members (excludes halogenated alkanes) is 14. The summed E-state index contributed by atoms with van der Waals surface area (Å²) < 4.78 is 4.67. The molecule has 6 nitrogen and oxygen atoms in total. The average molecular weight is 440 g/mol. The van der Waals surface area contributed by atoms with Crippen LogP contribution in [0.5, 0.6) is 0 Å². The van der Waals surface area contributed by atoms with Crippen LogP contribution in [-0.4, -0.2) is 52.1 Å². The van der Waals surface area contributed by atoms with E-state index in [-0.39, 0.29) is 42.3 Å². The second-order valence-corrected chi connectivity index (χ2v) is 8.03. The Morgan fingerprint density at radius 2 is 1.07 bits per heavy atom. The first-order valence-corrected chi connectivity index (χ1v) is 11.7. The van der Waals surface area contributed by atoms with Crippen LogP contribution >= 0.6 is 0 Å². The zero-order valence-electron chi connectivity index (χ0n) is 18.5. The topological polar surface area (TPSA) is 107 Å². The zero-order valence-corrected chi connectivity index (χ0v) is 18.5. The van der Waals surface area contributed by atoms with Crippen LogP contribution in [0.15, 0.2) is 0 Å². The van der Waals surface area contributed by atoms with Gasteiger partial charge in [-0.25, -0.2) is 0 Å². The maximum Gasteiger partial charge on any atom is 0.320 e. The van der Waals surface area contributed by atoms with Crippen LogP contribution in [0.25, 0.3) is 0 Å². The van der Waals surface area contributed by atoms with Gasteiger partial charge in [-0.15, -0.1) is 0 Å². The van der Waals surface area contributed by atoms with Gasteiger partial charge in [0.25, 0.3) is 0 Å². The molecule has 0 amide bonds. The third-order valence-corrected chi connectivity index (χ3v) is 5.19. The molecule has 0 saturated carbocycles. The Morgan fingerprint density at radius 3 is 1.47 bits per heavy atom. The summed E-state index contributed by atoms with van der Waals surface area (Å²) in [4.78, 5) is 33.6. The molecule has 7 heteroatoms. The van der Waals surface area contributed by atoms with Crippen molar-refractivity contribution in [3.8, 4) is 0 Å². The zero-order chi connectivity index (χ0) is 21.7. The maximum absolute atomic E-state index is 11.6. The molecule has 0 aliphatic carbocycles. The number of hydrogen-bond donors (Lipinski definition) is 2. The summed E-state index contributed by atoms with van der Waals surface area (Å²) in [6.07, 6.45) is 18.9. The lowest BCUT2D eigenvalue weighted by Crippen LogP contribution is -2.30. The van der Waals surface area contributed by atoms with Crippen molar-refractivity contribution in [2.75, 3.05) is 0 Å². The van der Waals surface area contributed by atoms with Gasteiger partial charge in [0.1, 0.15) is 6.04 Å². The van der Waals surface area contributed by atoms with Crippen LogP contribution < -0.4 is 5.73 Å². The molecular weight excluding hydrogens is 395 g/mol. The Hall–Kier alpha value is -0.664. The number of carbonyl (C=O) groups is 3. The molecular formula is C23H45MgNO5. The monoisotopic (exact) mass is 439 g/mol. The van der Waals surface area contributed by atoms with Gasteiger partial charge in [-0.2, -0.15) is 0 Å². The number of carboxylic acids is 1. The minimum atomic E-state index is -1.16. The normalized spacial score (nSPS) is 11.5. The number of esters is 2. The number of carbonyl (C=O) groups excluding carboxylic acids is 2. The molecule has 0 unspecified atom stereocenters. The lowest BCUT2D eigenvalue weighted by atomic mass is 10.0. The number of aliphatic carboxylic acids is 1. The smallest absolute Gasteiger partial charge is 0.320 e. The van der Waals surface area contributed by atoms with Crippen molar-refractivity contribution in [3.05, 3.63) is 0 Å². The minimum Gasteiger partial charge on any atom is -0.480 e. The number of nitrogens with two attached hydrogens (primary N) is 1. The van der Waals surface area contributed by atoms with Gasteiger partial charge in [-0.3, -0.25) is 14.4 Å². The molecule has 30 heavy (non-hydrogen) atoms. The van der Waals surface area contributed by atoms with Crippen molar-refractivity contribution in [1.29, 1.82) is 0 Å². The molecule has 0 aromatic heterocycles. The van der Waals surface area contributed by atoms with Crippen LogP contribution in [0.4, 0.5) is 0 Å². The first kappa shape index (κ1) is 31.5. The number of rotatable bonds is 20. The first-order chi connectivity index (χ1) is 14.0. The molecule has 0 heterocycles. The van der Waals surface area contributed by atoms with E-state index >= 15 is 0 Å². The van der Waals surface area contributed by atoms with Gasteiger partial charge in [-0.05, 0) is 12.8 Å². The van der Waals surface area contributed by atoms with Gasteiger partial charge in [0.2, 0.25) is 0 Å². The Labute approximate surface area is 199 Å². The van der Waals surface area contributed by atoms with Crippen LogP contribution in [-0.2, 0) is 19.1 Å². The maximum atomic E-state index is 11.6. The van der Waals surface area contributed by atoms with E-state index in [4.69, 9.17) is 10.8 Å². The highest BCUT2D eigenvalue weighted by molar-refractivity contribution is 5.85. The molecule has 0 radical (unpaired) electrons. The predicted molar refractivity (Wildman–Crippen MR) is 124 cm³/mol. The molecule has 0 aromatic rings. The number of hydrogen-bond acceptors (Lipinski definition) is 5. The average Bonchev–Trinajstić information content (AvgIpc) is 2.68. The molecule has 174 valence electrons. The first-order valence-electron chi connectivity index (χ1n) is 11.7. The van der Waals surface area contributed by atoms with Crippen LogP contribution in [0.1, 0.15) is 122 Å². The second kappa shape index (κ2) is 23.0. The Morgan fingerprint density at radius 1 is 0.700 bits per heavy atom. The summed E-state index contributed by atoms with van der Waals surface area (Å²) in [5.41, 5.74) is 5.30. The molecule has 0 aliphatic heterocycles. The Kier molecular flexibility index (Phi) is 24.2. The van der Waals surface area contributed by atoms with Gasteiger partial charge in [-0.1, -0.05) is 96.8 Å². The van der Waals surface area contributed by atoms with Gasteiger partial charge >= 0.3 is 41.0 Å².